The third kappa shape index (κ3) is 4.87. The molecular weight excluding hydrogens is 316 g/mol. The number of carbonyl (C=O) groups excluding carboxylic acids is 1. The van der Waals surface area contributed by atoms with Crippen LogP contribution in [0.25, 0.3) is 0 Å². The van der Waals surface area contributed by atoms with E-state index >= 15 is 0 Å². The second-order valence-corrected chi connectivity index (χ2v) is 7.49. The van der Waals surface area contributed by atoms with Crippen LogP contribution in [-0.4, -0.2) is 38.5 Å². The van der Waals surface area contributed by atoms with Gasteiger partial charge >= 0.3 is 0 Å². The van der Waals surface area contributed by atoms with Crippen molar-refractivity contribution in [3.05, 3.63) is 23.2 Å². The number of halogens is 1. The second kappa shape index (κ2) is 6.64. The number of sulfone groups is 1. The number of amides is 1. The Morgan fingerprint density at radius 2 is 2.24 bits per heavy atom. The second-order valence-electron chi connectivity index (χ2n) is 4.97. The largest absolute Gasteiger partial charge is 0.397 e. The first-order valence-electron chi connectivity index (χ1n) is 6.52. The standard InChI is InChI=1S/C13H17ClN2O4S/c14-11-4-3-9(6-12(11)15)16-13(17)8-21(18,19)7-10-2-1-5-20-10/h3-4,6,10H,1-2,5,7-8,15H2,(H,16,17). The fraction of sp³-hybridized carbons (Fsp3) is 0.462. The Bertz CT molecular complexity index is 627. The number of anilines is 2. The lowest BCUT2D eigenvalue weighted by molar-refractivity contribution is -0.113. The number of hydrogen-bond donors (Lipinski definition) is 2. The van der Waals surface area contributed by atoms with Crippen LogP contribution in [0, 0.1) is 0 Å². The molecule has 0 aliphatic carbocycles. The lowest BCUT2D eigenvalue weighted by atomic mass is 10.3. The number of benzene rings is 1. The normalized spacial score (nSPS) is 18.6. The van der Waals surface area contributed by atoms with Crippen molar-refractivity contribution >= 4 is 38.7 Å². The highest BCUT2D eigenvalue weighted by molar-refractivity contribution is 7.92. The molecule has 0 radical (unpaired) electrons. The number of hydrogen-bond acceptors (Lipinski definition) is 5. The molecule has 1 fully saturated rings. The van der Waals surface area contributed by atoms with Crippen molar-refractivity contribution in [2.45, 2.75) is 18.9 Å². The highest BCUT2D eigenvalue weighted by atomic mass is 35.5. The van der Waals surface area contributed by atoms with Crippen molar-refractivity contribution in [1.82, 2.24) is 0 Å². The van der Waals surface area contributed by atoms with E-state index < -0.39 is 21.5 Å². The summed E-state index contributed by atoms with van der Waals surface area (Å²) in [6.07, 6.45) is 1.28. The molecule has 2 rings (SSSR count). The molecule has 116 valence electrons. The molecule has 1 aromatic rings. The Kier molecular flexibility index (Phi) is 5.08. The van der Waals surface area contributed by atoms with Gasteiger partial charge in [0.05, 0.1) is 22.6 Å². The van der Waals surface area contributed by atoms with Crippen LogP contribution in [0.3, 0.4) is 0 Å². The summed E-state index contributed by atoms with van der Waals surface area (Å²) in [7, 11) is -3.50. The van der Waals surface area contributed by atoms with E-state index in [-0.39, 0.29) is 11.9 Å². The maximum absolute atomic E-state index is 11.9. The fourth-order valence-electron chi connectivity index (χ4n) is 2.14. The molecule has 8 heteroatoms. The number of ether oxygens (including phenoxy) is 1. The zero-order valence-electron chi connectivity index (χ0n) is 11.3. The van der Waals surface area contributed by atoms with Gasteiger partial charge in [0, 0.05) is 12.3 Å². The van der Waals surface area contributed by atoms with E-state index in [2.05, 4.69) is 5.32 Å². The van der Waals surface area contributed by atoms with Crippen molar-refractivity contribution in [2.24, 2.45) is 0 Å². The van der Waals surface area contributed by atoms with Crippen molar-refractivity contribution in [1.29, 1.82) is 0 Å². The van der Waals surface area contributed by atoms with Gasteiger partial charge in [-0.15, -0.1) is 0 Å². The highest BCUT2D eigenvalue weighted by Gasteiger charge is 2.25. The van der Waals surface area contributed by atoms with Crippen molar-refractivity contribution in [3.63, 3.8) is 0 Å². The summed E-state index contributed by atoms with van der Waals surface area (Å²) in [6, 6.07) is 4.57. The van der Waals surface area contributed by atoms with Crippen LogP contribution in [0.4, 0.5) is 11.4 Å². The average Bonchev–Trinajstić information content (AvgIpc) is 2.85. The van der Waals surface area contributed by atoms with E-state index in [1.807, 2.05) is 0 Å². The van der Waals surface area contributed by atoms with Crippen LogP contribution >= 0.6 is 11.6 Å². The van der Waals surface area contributed by atoms with E-state index in [1.54, 1.807) is 6.07 Å². The number of nitrogens with one attached hydrogen (secondary N) is 1. The third-order valence-electron chi connectivity index (χ3n) is 3.09. The lowest BCUT2D eigenvalue weighted by Crippen LogP contribution is -2.29. The fourth-order valence-corrected chi connectivity index (χ4v) is 3.67. The summed E-state index contributed by atoms with van der Waals surface area (Å²) in [4.78, 5) is 11.8. The molecule has 1 aromatic carbocycles. The predicted octanol–water partition coefficient (Wildman–Crippen LogP) is 1.45. The molecule has 0 spiro atoms. The first-order chi connectivity index (χ1) is 9.85. The smallest absolute Gasteiger partial charge is 0.239 e. The van der Waals surface area contributed by atoms with Gasteiger partial charge in [-0.25, -0.2) is 8.42 Å². The SMILES string of the molecule is Nc1cc(NC(=O)CS(=O)(=O)CC2CCCO2)ccc1Cl. The molecule has 3 N–H and O–H groups in total. The number of carbonyl (C=O) groups is 1. The van der Waals surface area contributed by atoms with Gasteiger partial charge in [0.15, 0.2) is 9.84 Å². The molecule has 21 heavy (non-hydrogen) atoms. The quantitative estimate of drug-likeness (QED) is 0.795. The predicted molar refractivity (Wildman–Crippen MR) is 82.1 cm³/mol. The topological polar surface area (TPSA) is 98.5 Å². The first kappa shape index (κ1) is 16.1. The Morgan fingerprint density at radius 1 is 1.48 bits per heavy atom. The number of nitrogen functional groups attached to an aromatic ring is 1. The maximum Gasteiger partial charge on any atom is 0.239 e. The summed E-state index contributed by atoms with van der Waals surface area (Å²) in [5.41, 5.74) is 6.34. The minimum Gasteiger partial charge on any atom is -0.397 e. The molecule has 1 aliphatic heterocycles. The monoisotopic (exact) mass is 332 g/mol. The van der Waals surface area contributed by atoms with Crippen LogP contribution < -0.4 is 11.1 Å². The molecule has 1 aliphatic rings. The minimum atomic E-state index is -3.50. The first-order valence-corrected chi connectivity index (χ1v) is 8.72. The van der Waals surface area contributed by atoms with Crippen LogP contribution in [0.15, 0.2) is 18.2 Å². The van der Waals surface area contributed by atoms with E-state index in [0.29, 0.717) is 29.4 Å². The van der Waals surface area contributed by atoms with Gasteiger partial charge in [0.25, 0.3) is 0 Å². The van der Waals surface area contributed by atoms with Gasteiger partial charge in [-0.1, -0.05) is 11.6 Å². The summed E-state index contributed by atoms with van der Waals surface area (Å²) >= 11 is 5.77. The van der Waals surface area contributed by atoms with Crippen LogP contribution in [-0.2, 0) is 19.4 Å². The number of nitrogens with two attached hydrogens (primary N) is 1. The molecule has 0 saturated carbocycles. The molecule has 1 unspecified atom stereocenters. The van der Waals surface area contributed by atoms with Crippen LogP contribution in [0.2, 0.25) is 5.02 Å². The molecule has 0 aromatic heterocycles. The van der Waals surface area contributed by atoms with Crippen molar-refractivity contribution in [2.75, 3.05) is 29.2 Å². The zero-order valence-corrected chi connectivity index (χ0v) is 12.9. The van der Waals surface area contributed by atoms with Gasteiger partial charge in [0.1, 0.15) is 5.75 Å². The third-order valence-corrected chi connectivity index (χ3v) is 5.02. The molecule has 6 nitrogen and oxygen atoms in total. The molecular formula is C13H17ClN2O4S. The summed E-state index contributed by atoms with van der Waals surface area (Å²) < 4.78 is 29.1. The summed E-state index contributed by atoms with van der Waals surface area (Å²) in [6.45, 7) is 0.580. The molecule has 1 heterocycles. The van der Waals surface area contributed by atoms with Gasteiger partial charge in [0.2, 0.25) is 5.91 Å². The Labute approximate surface area is 128 Å². The summed E-state index contributed by atoms with van der Waals surface area (Å²) in [5.74, 6) is -1.30. The Hall–Kier alpha value is -1.31. The molecule has 0 bridgehead atoms. The number of rotatable bonds is 5. The van der Waals surface area contributed by atoms with E-state index in [4.69, 9.17) is 22.1 Å². The zero-order chi connectivity index (χ0) is 15.5. The molecule has 1 atom stereocenters. The lowest BCUT2D eigenvalue weighted by Gasteiger charge is -2.11. The van der Waals surface area contributed by atoms with Gasteiger partial charge in [-0.05, 0) is 31.0 Å². The molecule has 1 amide bonds. The Morgan fingerprint density at radius 3 is 2.86 bits per heavy atom. The van der Waals surface area contributed by atoms with Gasteiger partial charge in [-0.2, -0.15) is 0 Å². The van der Waals surface area contributed by atoms with E-state index in [9.17, 15) is 13.2 Å². The average molecular weight is 333 g/mol. The van der Waals surface area contributed by atoms with Gasteiger partial charge < -0.3 is 15.8 Å². The van der Waals surface area contributed by atoms with E-state index in [1.165, 1.54) is 12.1 Å². The Balaban J connectivity index is 1.92. The van der Waals surface area contributed by atoms with Gasteiger partial charge in [-0.3, -0.25) is 4.79 Å². The van der Waals surface area contributed by atoms with Crippen LogP contribution in [0.1, 0.15) is 12.8 Å². The highest BCUT2D eigenvalue weighted by Crippen LogP contribution is 2.22. The maximum atomic E-state index is 11.9. The van der Waals surface area contributed by atoms with Crippen molar-refractivity contribution in [3.8, 4) is 0 Å². The molecule has 1 saturated heterocycles. The minimum absolute atomic E-state index is 0.122. The van der Waals surface area contributed by atoms with Crippen molar-refractivity contribution < 1.29 is 17.9 Å². The van der Waals surface area contributed by atoms with E-state index in [0.717, 1.165) is 6.42 Å². The summed E-state index contributed by atoms with van der Waals surface area (Å²) in [5, 5.41) is 2.87. The van der Waals surface area contributed by atoms with Crippen LogP contribution in [0.5, 0.6) is 0 Å².